The molecule has 2 heterocycles. The van der Waals surface area contributed by atoms with Gasteiger partial charge in [0.2, 0.25) is 0 Å². The lowest BCUT2D eigenvalue weighted by Crippen LogP contribution is -2.42. The van der Waals surface area contributed by atoms with Crippen molar-refractivity contribution in [2.24, 2.45) is 5.92 Å². The first kappa shape index (κ1) is 14.9. The number of hydrogen-bond acceptors (Lipinski definition) is 4. The average Bonchev–Trinajstić information content (AvgIpc) is 2.73. The van der Waals surface area contributed by atoms with Crippen LogP contribution in [0.5, 0.6) is 0 Å². The highest BCUT2D eigenvalue weighted by atomic mass is 32.1. The van der Waals surface area contributed by atoms with E-state index in [1.165, 1.54) is 35.8 Å². The van der Waals surface area contributed by atoms with E-state index in [0.717, 1.165) is 19.0 Å². The monoisotopic (exact) mass is 281 g/mol. The van der Waals surface area contributed by atoms with E-state index in [1.807, 2.05) is 17.5 Å². The van der Waals surface area contributed by atoms with Crippen molar-refractivity contribution in [1.82, 2.24) is 15.2 Å². The van der Waals surface area contributed by atoms with Gasteiger partial charge in [-0.25, -0.2) is 4.98 Å². The predicted molar refractivity (Wildman–Crippen MR) is 82.6 cm³/mol. The van der Waals surface area contributed by atoms with Gasteiger partial charge in [-0.05, 0) is 66.1 Å². The van der Waals surface area contributed by atoms with E-state index in [1.54, 1.807) is 0 Å². The van der Waals surface area contributed by atoms with Crippen molar-refractivity contribution in [3.8, 4) is 0 Å². The van der Waals surface area contributed by atoms with E-state index in [2.05, 4.69) is 42.9 Å². The van der Waals surface area contributed by atoms with E-state index >= 15 is 0 Å². The van der Waals surface area contributed by atoms with Crippen molar-refractivity contribution in [3.63, 3.8) is 0 Å². The van der Waals surface area contributed by atoms with Gasteiger partial charge in [-0.2, -0.15) is 0 Å². The normalized spacial score (nSPS) is 18.9. The molecule has 2 rings (SSSR count). The van der Waals surface area contributed by atoms with E-state index in [4.69, 9.17) is 0 Å². The highest BCUT2D eigenvalue weighted by Gasteiger charge is 2.21. The van der Waals surface area contributed by atoms with Crippen molar-refractivity contribution < 1.29 is 0 Å². The minimum atomic E-state index is 0.247. The van der Waals surface area contributed by atoms with E-state index in [9.17, 15) is 0 Å². The van der Waals surface area contributed by atoms with Gasteiger partial charge in [-0.3, -0.25) is 4.90 Å². The Morgan fingerprint density at radius 2 is 2.05 bits per heavy atom. The maximum absolute atomic E-state index is 4.34. The topological polar surface area (TPSA) is 28.2 Å². The molecular weight excluding hydrogens is 254 g/mol. The maximum Gasteiger partial charge on any atom is 0.0897 e. The lowest BCUT2D eigenvalue weighted by Gasteiger charge is -2.33. The first-order chi connectivity index (χ1) is 8.92. The Hall–Kier alpha value is -0.450. The molecule has 108 valence electrons. The van der Waals surface area contributed by atoms with Crippen molar-refractivity contribution >= 4 is 11.3 Å². The smallest absolute Gasteiger partial charge is 0.0897 e. The lowest BCUT2D eigenvalue weighted by molar-refractivity contribution is 0.171. The molecule has 1 aliphatic heterocycles. The molecule has 0 atom stereocenters. The molecule has 1 aromatic heterocycles. The van der Waals surface area contributed by atoms with Crippen LogP contribution in [-0.4, -0.2) is 35.1 Å². The number of hydrogen-bond donors (Lipinski definition) is 1. The molecule has 1 fully saturated rings. The van der Waals surface area contributed by atoms with E-state index in [-0.39, 0.29) is 5.54 Å². The van der Waals surface area contributed by atoms with Crippen LogP contribution in [0.25, 0.3) is 0 Å². The van der Waals surface area contributed by atoms with Gasteiger partial charge in [0.05, 0.1) is 5.01 Å². The van der Waals surface area contributed by atoms with Crippen LogP contribution < -0.4 is 5.32 Å². The number of thiazole rings is 1. The third-order valence-electron chi connectivity index (χ3n) is 3.68. The predicted octanol–water partition coefficient (Wildman–Crippen LogP) is 3.05. The van der Waals surface area contributed by atoms with E-state index in [0.29, 0.717) is 0 Å². The fourth-order valence-electron chi connectivity index (χ4n) is 2.50. The summed E-state index contributed by atoms with van der Waals surface area (Å²) in [6.45, 7) is 13.5. The number of nitrogens with zero attached hydrogens (tertiary/aromatic N) is 2. The zero-order valence-corrected chi connectivity index (χ0v) is 13.5. The van der Waals surface area contributed by atoms with Crippen LogP contribution in [0.1, 0.15) is 43.5 Å². The summed E-state index contributed by atoms with van der Waals surface area (Å²) >= 11 is 1.83. The van der Waals surface area contributed by atoms with Gasteiger partial charge in [0.1, 0.15) is 0 Å². The molecule has 0 saturated carbocycles. The number of likely N-dealkylation sites (tertiary alicyclic amines) is 1. The molecule has 1 saturated heterocycles. The van der Waals surface area contributed by atoms with Gasteiger partial charge in [0.15, 0.2) is 0 Å². The molecule has 0 bridgehead atoms. The SMILES string of the molecule is Cc1ncc(CN2CCC(CNC(C)(C)C)CC2)s1. The van der Waals surface area contributed by atoms with Crippen LogP contribution in [0.4, 0.5) is 0 Å². The Bertz CT molecular complexity index is 386. The van der Waals surface area contributed by atoms with Crippen molar-refractivity contribution in [2.75, 3.05) is 19.6 Å². The summed E-state index contributed by atoms with van der Waals surface area (Å²) < 4.78 is 0. The van der Waals surface area contributed by atoms with Gasteiger partial charge in [0.25, 0.3) is 0 Å². The van der Waals surface area contributed by atoms with E-state index < -0.39 is 0 Å². The van der Waals surface area contributed by atoms with Gasteiger partial charge in [0, 0.05) is 23.2 Å². The molecule has 0 aromatic carbocycles. The highest BCUT2D eigenvalue weighted by Crippen LogP contribution is 2.21. The molecule has 1 aliphatic rings. The van der Waals surface area contributed by atoms with Crippen molar-refractivity contribution in [3.05, 3.63) is 16.1 Å². The highest BCUT2D eigenvalue weighted by molar-refractivity contribution is 7.11. The summed E-state index contributed by atoms with van der Waals surface area (Å²) in [4.78, 5) is 8.31. The van der Waals surface area contributed by atoms with Gasteiger partial charge < -0.3 is 5.32 Å². The minimum Gasteiger partial charge on any atom is -0.312 e. The first-order valence-corrected chi connectivity index (χ1v) is 8.13. The largest absolute Gasteiger partial charge is 0.312 e. The zero-order chi connectivity index (χ0) is 13.9. The molecule has 19 heavy (non-hydrogen) atoms. The molecule has 1 aromatic rings. The Labute approximate surface area is 121 Å². The molecule has 0 spiro atoms. The molecule has 0 radical (unpaired) electrons. The second-order valence-electron chi connectivity index (χ2n) is 6.70. The average molecular weight is 281 g/mol. The third-order valence-corrected chi connectivity index (χ3v) is 4.57. The molecule has 3 nitrogen and oxygen atoms in total. The number of nitrogens with one attached hydrogen (secondary N) is 1. The van der Waals surface area contributed by atoms with Gasteiger partial charge in [-0.1, -0.05) is 0 Å². The first-order valence-electron chi connectivity index (χ1n) is 7.31. The summed E-state index contributed by atoms with van der Waals surface area (Å²) in [5.74, 6) is 0.846. The Balaban J connectivity index is 1.70. The van der Waals surface area contributed by atoms with Crippen LogP contribution in [0.2, 0.25) is 0 Å². The summed E-state index contributed by atoms with van der Waals surface area (Å²) in [6.07, 6.45) is 4.68. The number of aryl methyl sites for hydroxylation is 1. The van der Waals surface area contributed by atoms with Crippen molar-refractivity contribution in [2.45, 2.75) is 52.6 Å². The quantitative estimate of drug-likeness (QED) is 0.919. The van der Waals surface area contributed by atoms with Gasteiger partial charge >= 0.3 is 0 Å². The van der Waals surface area contributed by atoms with Crippen molar-refractivity contribution in [1.29, 1.82) is 0 Å². The second kappa shape index (κ2) is 6.33. The molecule has 4 heteroatoms. The van der Waals surface area contributed by atoms with Crippen LogP contribution >= 0.6 is 11.3 Å². The third kappa shape index (κ3) is 5.21. The fraction of sp³-hybridized carbons (Fsp3) is 0.800. The summed E-state index contributed by atoms with van der Waals surface area (Å²) in [7, 11) is 0. The summed E-state index contributed by atoms with van der Waals surface area (Å²) in [5, 5.41) is 4.81. The Morgan fingerprint density at radius 1 is 1.37 bits per heavy atom. The lowest BCUT2D eigenvalue weighted by atomic mass is 9.95. The Morgan fingerprint density at radius 3 is 2.58 bits per heavy atom. The van der Waals surface area contributed by atoms with Crippen LogP contribution in [0.15, 0.2) is 6.20 Å². The number of piperidine rings is 1. The minimum absolute atomic E-state index is 0.247. The standard InChI is InChI=1S/C15H27N3S/c1-12-16-10-14(19-12)11-18-7-5-13(6-8-18)9-17-15(2,3)4/h10,13,17H,5-9,11H2,1-4H3. The number of rotatable bonds is 4. The molecule has 0 amide bonds. The number of aromatic nitrogens is 1. The molecule has 0 aliphatic carbocycles. The Kier molecular flexibility index (Phi) is 4.98. The molecule has 0 unspecified atom stereocenters. The fourth-order valence-corrected chi connectivity index (χ4v) is 3.34. The second-order valence-corrected chi connectivity index (χ2v) is 8.02. The van der Waals surface area contributed by atoms with Gasteiger partial charge in [-0.15, -0.1) is 11.3 Å². The summed E-state index contributed by atoms with van der Waals surface area (Å²) in [6, 6.07) is 0. The zero-order valence-electron chi connectivity index (χ0n) is 12.7. The van der Waals surface area contributed by atoms with Crippen LogP contribution in [0, 0.1) is 12.8 Å². The molecular formula is C15H27N3S. The van der Waals surface area contributed by atoms with Crippen LogP contribution in [0.3, 0.4) is 0 Å². The summed E-state index contributed by atoms with van der Waals surface area (Å²) in [5.41, 5.74) is 0.247. The molecule has 1 N–H and O–H groups in total. The van der Waals surface area contributed by atoms with Crippen LogP contribution in [-0.2, 0) is 6.54 Å². The maximum atomic E-state index is 4.34.